The van der Waals surface area contributed by atoms with E-state index in [-0.39, 0.29) is 5.78 Å². The van der Waals surface area contributed by atoms with Crippen molar-refractivity contribution in [1.82, 2.24) is 0 Å². The van der Waals surface area contributed by atoms with Gasteiger partial charge in [-0.1, -0.05) is 30.3 Å². The number of rotatable bonds is 5. The van der Waals surface area contributed by atoms with Gasteiger partial charge in [0.1, 0.15) is 0 Å². The Kier molecular flexibility index (Phi) is 4.48. The maximum atomic E-state index is 12.7. The van der Waals surface area contributed by atoms with E-state index < -0.39 is 0 Å². The minimum absolute atomic E-state index is 0.0414. The molecule has 0 saturated carbocycles. The Balaban J connectivity index is 2.58. The van der Waals surface area contributed by atoms with Gasteiger partial charge in [-0.2, -0.15) is 0 Å². The van der Waals surface area contributed by atoms with Gasteiger partial charge in [0.05, 0.1) is 19.9 Å². The first kappa shape index (κ1) is 14.9. The first-order valence-electron chi connectivity index (χ1n) is 6.61. The Bertz CT molecular complexity index is 636. The zero-order chi connectivity index (χ0) is 15.4. The van der Waals surface area contributed by atoms with Crippen molar-refractivity contribution in [2.24, 2.45) is 0 Å². The summed E-state index contributed by atoms with van der Waals surface area (Å²) < 4.78 is 10.6. The fourth-order valence-electron chi connectivity index (χ4n) is 2.17. The van der Waals surface area contributed by atoms with E-state index in [9.17, 15) is 4.79 Å². The van der Waals surface area contributed by atoms with E-state index in [0.29, 0.717) is 22.6 Å². The van der Waals surface area contributed by atoms with Crippen LogP contribution >= 0.6 is 0 Å². The summed E-state index contributed by atoms with van der Waals surface area (Å²) in [5.74, 6) is 1.11. The molecule has 0 aliphatic carbocycles. The highest BCUT2D eigenvalue weighted by Crippen LogP contribution is 2.35. The molecular formula is C17H19NO3. The second-order valence-corrected chi connectivity index (χ2v) is 4.81. The average molecular weight is 285 g/mol. The van der Waals surface area contributed by atoms with Gasteiger partial charge in [-0.3, -0.25) is 4.79 Å². The van der Waals surface area contributed by atoms with Crippen molar-refractivity contribution in [3.8, 4) is 11.5 Å². The summed E-state index contributed by atoms with van der Waals surface area (Å²) in [6.07, 6.45) is 0. The molecule has 0 radical (unpaired) electrons. The van der Waals surface area contributed by atoms with Crippen LogP contribution in [0.3, 0.4) is 0 Å². The lowest BCUT2D eigenvalue weighted by Crippen LogP contribution is -2.15. The van der Waals surface area contributed by atoms with Crippen molar-refractivity contribution >= 4 is 11.5 Å². The van der Waals surface area contributed by atoms with E-state index in [0.717, 1.165) is 5.69 Å². The minimum Gasteiger partial charge on any atom is -0.493 e. The quantitative estimate of drug-likeness (QED) is 0.792. The molecule has 0 heterocycles. The summed E-state index contributed by atoms with van der Waals surface area (Å²) in [6, 6.07) is 12.7. The highest BCUT2D eigenvalue weighted by molar-refractivity contribution is 6.12. The zero-order valence-corrected chi connectivity index (χ0v) is 12.7. The number of ketones is 1. The summed E-state index contributed by atoms with van der Waals surface area (Å²) in [4.78, 5) is 14.6. The van der Waals surface area contributed by atoms with E-state index in [1.54, 1.807) is 32.4 Å². The molecule has 0 aliphatic rings. The van der Waals surface area contributed by atoms with Crippen molar-refractivity contribution in [3.05, 3.63) is 53.6 Å². The fourth-order valence-corrected chi connectivity index (χ4v) is 2.17. The van der Waals surface area contributed by atoms with Crippen LogP contribution in [0.25, 0.3) is 0 Å². The average Bonchev–Trinajstić information content (AvgIpc) is 2.53. The molecule has 0 aromatic heterocycles. The Morgan fingerprint density at radius 3 is 2.05 bits per heavy atom. The molecule has 0 spiro atoms. The molecule has 4 heteroatoms. The SMILES string of the molecule is COc1cc(C(=O)c2ccccc2)c(N(C)C)cc1OC. The molecule has 2 aromatic carbocycles. The minimum atomic E-state index is -0.0414. The molecule has 0 saturated heterocycles. The molecule has 110 valence electrons. The van der Waals surface area contributed by atoms with E-state index in [1.807, 2.05) is 43.3 Å². The molecular weight excluding hydrogens is 266 g/mol. The lowest BCUT2D eigenvalue weighted by Gasteiger charge is -2.19. The van der Waals surface area contributed by atoms with Gasteiger partial charge in [0, 0.05) is 31.3 Å². The number of hydrogen-bond donors (Lipinski definition) is 0. The Morgan fingerprint density at radius 2 is 1.52 bits per heavy atom. The number of hydrogen-bond acceptors (Lipinski definition) is 4. The molecule has 0 N–H and O–H groups in total. The third-order valence-electron chi connectivity index (χ3n) is 3.26. The Hall–Kier alpha value is -2.49. The van der Waals surface area contributed by atoms with Gasteiger partial charge < -0.3 is 14.4 Å². The summed E-state index contributed by atoms with van der Waals surface area (Å²) in [7, 11) is 6.92. The van der Waals surface area contributed by atoms with Gasteiger partial charge in [-0.25, -0.2) is 0 Å². The maximum absolute atomic E-state index is 12.7. The number of carbonyl (C=O) groups excluding carboxylic acids is 1. The fraction of sp³-hybridized carbons (Fsp3) is 0.235. The van der Waals surface area contributed by atoms with Crippen LogP contribution in [0.2, 0.25) is 0 Å². The highest BCUT2D eigenvalue weighted by Gasteiger charge is 2.19. The molecule has 0 atom stereocenters. The number of methoxy groups -OCH3 is 2. The van der Waals surface area contributed by atoms with E-state index in [1.165, 1.54) is 0 Å². The summed E-state index contributed by atoms with van der Waals surface area (Å²) in [6.45, 7) is 0. The lowest BCUT2D eigenvalue weighted by atomic mass is 10.0. The van der Waals surface area contributed by atoms with Crippen LogP contribution in [0, 0.1) is 0 Å². The Labute approximate surface area is 124 Å². The monoisotopic (exact) mass is 285 g/mol. The molecule has 2 aromatic rings. The standard InChI is InChI=1S/C17H19NO3/c1-18(2)14-11-16(21-4)15(20-3)10-13(14)17(19)12-8-6-5-7-9-12/h5-11H,1-4H3. The zero-order valence-electron chi connectivity index (χ0n) is 12.7. The number of carbonyl (C=O) groups is 1. The van der Waals surface area contributed by atoms with Gasteiger partial charge in [0.15, 0.2) is 17.3 Å². The van der Waals surface area contributed by atoms with E-state index in [4.69, 9.17) is 9.47 Å². The number of nitrogens with zero attached hydrogens (tertiary/aromatic N) is 1. The van der Waals surface area contributed by atoms with Gasteiger partial charge in [-0.05, 0) is 6.07 Å². The largest absolute Gasteiger partial charge is 0.493 e. The third-order valence-corrected chi connectivity index (χ3v) is 3.26. The molecule has 0 aliphatic heterocycles. The van der Waals surface area contributed by atoms with Gasteiger partial charge in [0.2, 0.25) is 0 Å². The molecule has 4 nitrogen and oxygen atoms in total. The molecule has 21 heavy (non-hydrogen) atoms. The van der Waals surface area contributed by atoms with Gasteiger partial charge in [-0.15, -0.1) is 0 Å². The number of anilines is 1. The van der Waals surface area contributed by atoms with Crippen molar-refractivity contribution in [2.45, 2.75) is 0 Å². The highest BCUT2D eigenvalue weighted by atomic mass is 16.5. The van der Waals surface area contributed by atoms with Crippen molar-refractivity contribution in [2.75, 3.05) is 33.2 Å². The van der Waals surface area contributed by atoms with Crippen LogP contribution in [0.1, 0.15) is 15.9 Å². The second kappa shape index (κ2) is 6.31. The number of ether oxygens (including phenoxy) is 2. The van der Waals surface area contributed by atoms with Crippen molar-refractivity contribution < 1.29 is 14.3 Å². The maximum Gasteiger partial charge on any atom is 0.195 e. The molecule has 0 unspecified atom stereocenters. The van der Waals surface area contributed by atoms with Crippen molar-refractivity contribution in [3.63, 3.8) is 0 Å². The first-order chi connectivity index (χ1) is 10.1. The molecule has 0 amide bonds. The molecule has 2 rings (SSSR count). The van der Waals surface area contributed by atoms with Crippen LogP contribution in [-0.4, -0.2) is 34.1 Å². The molecule has 0 fully saturated rings. The predicted octanol–water partition coefficient (Wildman–Crippen LogP) is 3.00. The topological polar surface area (TPSA) is 38.8 Å². The predicted molar refractivity (Wildman–Crippen MR) is 83.7 cm³/mol. The van der Waals surface area contributed by atoms with Gasteiger partial charge in [0.25, 0.3) is 0 Å². The van der Waals surface area contributed by atoms with E-state index in [2.05, 4.69) is 0 Å². The normalized spacial score (nSPS) is 10.1. The lowest BCUT2D eigenvalue weighted by molar-refractivity contribution is 0.103. The van der Waals surface area contributed by atoms with Crippen molar-refractivity contribution in [1.29, 1.82) is 0 Å². The summed E-state index contributed by atoms with van der Waals surface area (Å²) >= 11 is 0. The Morgan fingerprint density at radius 1 is 0.952 bits per heavy atom. The van der Waals surface area contributed by atoms with Crippen LogP contribution in [0.15, 0.2) is 42.5 Å². The number of benzene rings is 2. The summed E-state index contributed by atoms with van der Waals surface area (Å²) in [5.41, 5.74) is 2.03. The third kappa shape index (κ3) is 2.99. The first-order valence-corrected chi connectivity index (χ1v) is 6.61. The van der Waals surface area contributed by atoms with Crippen LogP contribution < -0.4 is 14.4 Å². The van der Waals surface area contributed by atoms with E-state index >= 15 is 0 Å². The molecule has 0 bridgehead atoms. The summed E-state index contributed by atoms with van der Waals surface area (Å²) in [5, 5.41) is 0. The van der Waals surface area contributed by atoms with Crippen LogP contribution in [0.4, 0.5) is 5.69 Å². The van der Waals surface area contributed by atoms with Crippen LogP contribution in [0.5, 0.6) is 11.5 Å². The second-order valence-electron chi connectivity index (χ2n) is 4.81. The van der Waals surface area contributed by atoms with Gasteiger partial charge >= 0.3 is 0 Å². The van der Waals surface area contributed by atoms with Crippen LogP contribution in [-0.2, 0) is 0 Å². The smallest absolute Gasteiger partial charge is 0.195 e.